The number of nitrogens with zero attached hydrogens (tertiary/aromatic N) is 3. The summed E-state index contributed by atoms with van der Waals surface area (Å²) in [6.45, 7) is 5.61. The summed E-state index contributed by atoms with van der Waals surface area (Å²) in [6, 6.07) is 0. The zero-order valence-electron chi connectivity index (χ0n) is 15.9. The van der Waals surface area contributed by atoms with Gasteiger partial charge in [0.05, 0.1) is 6.42 Å². The molecular formula is C18H29F3N4O2. The van der Waals surface area contributed by atoms with Crippen molar-refractivity contribution >= 4 is 5.91 Å². The molecule has 6 nitrogen and oxygen atoms in total. The Morgan fingerprint density at radius 1 is 1.41 bits per heavy atom. The molecule has 0 radical (unpaired) electrons. The quantitative estimate of drug-likeness (QED) is 0.668. The van der Waals surface area contributed by atoms with Crippen molar-refractivity contribution in [3.63, 3.8) is 0 Å². The van der Waals surface area contributed by atoms with Gasteiger partial charge in [0.2, 0.25) is 11.5 Å². The first kappa shape index (κ1) is 21.7. The second kappa shape index (κ2) is 9.05. The van der Waals surface area contributed by atoms with Gasteiger partial charge in [0.25, 0.3) is 0 Å². The summed E-state index contributed by atoms with van der Waals surface area (Å²) in [6.07, 6.45) is 0.349. The summed E-state index contributed by atoms with van der Waals surface area (Å²) >= 11 is 0. The Kier molecular flexibility index (Phi) is 7.27. The van der Waals surface area contributed by atoms with Crippen molar-refractivity contribution in [2.45, 2.75) is 50.8 Å². The van der Waals surface area contributed by atoms with Crippen molar-refractivity contribution in [3.05, 3.63) is 18.2 Å². The number of nitrogens with one attached hydrogen (secondary N) is 1. The summed E-state index contributed by atoms with van der Waals surface area (Å²) < 4.78 is 41.3. The number of hydrogen-bond acceptors (Lipinski definition) is 4. The van der Waals surface area contributed by atoms with Crippen molar-refractivity contribution in [2.75, 3.05) is 26.2 Å². The highest BCUT2D eigenvalue weighted by atomic mass is 19.4. The Hall–Kier alpha value is -1.61. The highest BCUT2D eigenvalue weighted by Crippen LogP contribution is 2.40. The van der Waals surface area contributed by atoms with Crippen LogP contribution in [0.2, 0.25) is 0 Å². The molecule has 2 rings (SSSR count). The molecule has 1 aromatic rings. The molecule has 2 unspecified atom stereocenters. The fraction of sp³-hybridized carbons (Fsp3) is 0.778. The SMILES string of the molecule is CC1CCCN(CCCCNC(=O)CC(O)(c2nccn2C)C(F)(F)F)C1. The molecule has 1 amide bonds. The van der Waals surface area contributed by atoms with Crippen LogP contribution in [0.1, 0.15) is 44.9 Å². The predicted octanol–water partition coefficient (Wildman–Crippen LogP) is 2.19. The third-order valence-electron chi connectivity index (χ3n) is 5.04. The largest absolute Gasteiger partial charge is 0.425 e. The first-order valence-electron chi connectivity index (χ1n) is 9.39. The average molecular weight is 390 g/mol. The maximum absolute atomic E-state index is 13.4. The molecule has 0 spiro atoms. The summed E-state index contributed by atoms with van der Waals surface area (Å²) in [5.41, 5.74) is -3.31. The Balaban J connectivity index is 1.78. The number of amides is 1. The van der Waals surface area contributed by atoms with Gasteiger partial charge in [0, 0.05) is 32.5 Å². The van der Waals surface area contributed by atoms with E-state index >= 15 is 0 Å². The highest BCUT2D eigenvalue weighted by Gasteiger charge is 2.58. The van der Waals surface area contributed by atoms with Gasteiger partial charge in [-0.1, -0.05) is 6.92 Å². The topological polar surface area (TPSA) is 70.4 Å². The number of halogens is 3. The molecule has 0 saturated carbocycles. The number of hydrogen-bond donors (Lipinski definition) is 2. The van der Waals surface area contributed by atoms with Gasteiger partial charge in [-0.25, -0.2) is 4.98 Å². The molecule has 1 aliphatic rings. The van der Waals surface area contributed by atoms with Crippen molar-refractivity contribution in [1.29, 1.82) is 0 Å². The fourth-order valence-corrected chi connectivity index (χ4v) is 3.54. The van der Waals surface area contributed by atoms with Crippen LogP contribution in [-0.2, 0) is 17.4 Å². The first-order valence-corrected chi connectivity index (χ1v) is 9.39. The molecule has 154 valence electrons. The number of aryl methyl sites for hydroxylation is 1. The average Bonchev–Trinajstić information content (AvgIpc) is 3.00. The van der Waals surface area contributed by atoms with Gasteiger partial charge in [0.15, 0.2) is 5.82 Å². The summed E-state index contributed by atoms with van der Waals surface area (Å²) in [4.78, 5) is 18.0. The zero-order chi connectivity index (χ0) is 20.1. The third kappa shape index (κ3) is 5.68. The van der Waals surface area contributed by atoms with Crippen molar-refractivity contribution in [3.8, 4) is 0 Å². The van der Waals surface area contributed by atoms with E-state index in [0.717, 1.165) is 36.8 Å². The van der Waals surface area contributed by atoms with Crippen LogP contribution in [0.25, 0.3) is 0 Å². The van der Waals surface area contributed by atoms with Gasteiger partial charge in [-0.3, -0.25) is 4.79 Å². The molecule has 1 aromatic heterocycles. The minimum Gasteiger partial charge on any atom is -0.374 e. The Labute approximate surface area is 157 Å². The minimum atomic E-state index is -5.01. The lowest BCUT2D eigenvalue weighted by Crippen LogP contribution is -2.48. The van der Waals surface area contributed by atoms with Crippen LogP contribution in [0, 0.1) is 5.92 Å². The lowest BCUT2D eigenvalue weighted by molar-refractivity contribution is -0.271. The molecule has 1 fully saturated rings. The molecule has 2 N–H and O–H groups in total. The number of imidazole rings is 1. The number of rotatable bonds is 8. The molecule has 0 bridgehead atoms. The number of unbranched alkanes of at least 4 members (excludes halogenated alkanes) is 1. The lowest BCUT2D eigenvalue weighted by atomic mass is 9.97. The van der Waals surface area contributed by atoms with Crippen LogP contribution in [0.5, 0.6) is 0 Å². The van der Waals surface area contributed by atoms with E-state index in [1.54, 1.807) is 0 Å². The number of aromatic nitrogens is 2. The van der Waals surface area contributed by atoms with Crippen LogP contribution >= 0.6 is 0 Å². The van der Waals surface area contributed by atoms with Crippen LogP contribution in [-0.4, -0.2) is 57.8 Å². The van der Waals surface area contributed by atoms with Crippen LogP contribution in [0.3, 0.4) is 0 Å². The van der Waals surface area contributed by atoms with Gasteiger partial charge in [0.1, 0.15) is 0 Å². The van der Waals surface area contributed by atoms with Gasteiger partial charge < -0.3 is 19.9 Å². The van der Waals surface area contributed by atoms with E-state index in [2.05, 4.69) is 22.1 Å². The summed E-state index contributed by atoms with van der Waals surface area (Å²) in [7, 11) is 1.35. The molecule has 27 heavy (non-hydrogen) atoms. The Bertz CT molecular complexity index is 620. The number of piperidine rings is 1. The van der Waals surface area contributed by atoms with Crippen LogP contribution < -0.4 is 5.32 Å². The zero-order valence-corrected chi connectivity index (χ0v) is 15.9. The van der Waals surface area contributed by atoms with E-state index in [-0.39, 0.29) is 6.54 Å². The molecule has 0 aromatic carbocycles. The van der Waals surface area contributed by atoms with Crippen LogP contribution in [0.4, 0.5) is 13.2 Å². The third-order valence-corrected chi connectivity index (χ3v) is 5.04. The summed E-state index contributed by atoms with van der Waals surface area (Å²) in [5, 5.41) is 12.7. The van der Waals surface area contributed by atoms with E-state index in [9.17, 15) is 23.1 Å². The molecule has 9 heteroatoms. The Morgan fingerprint density at radius 3 is 2.74 bits per heavy atom. The van der Waals surface area contributed by atoms with E-state index in [0.29, 0.717) is 12.3 Å². The second-order valence-electron chi connectivity index (χ2n) is 7.50. The first-order chi connectivity index (χ1) is 12.6. The molecular weight excluding hydrogens is 361 g/mol. The lowest BCUT2D eigenvalue weighted by Gasteiger charge is -2.30. The smallest absolute Gasteiger partial charge is 0.374 e. The fourth-order valence-electron chi connectivity index (χ4n) is 3.54. The number of carbonyl (C=O) groups excluding carboxylic acids is 1. The molecule has 1 saturated heterocycles. The summed E-state index contributed by atoms with van der Waals surface area (Å²) in [5.74, 6) is -0.738. The molecule has 1 aliphatic heterocycles. The van der Waals surface area contributed by atoms with Gasteiger partial charge in [-0.05, 0) is 44.7 Å². The van der Waals surface area contributed by atoms with Crippen molar-refractivity contribution < 1.29 is 23.1 Å². The Morgan fingerprint density at radius 2 is 2.15 bits per heavy atom. The van der Waals surface area contributed by atoms with E-state index < -0.39 is 29.9 Å². The maximum Gasteiger partial charge on any atom is 0.425 e. The molecule has 2 atom stereocenters. The van der Waals surface area contributed by atoms with Gasteiger partial charge >= 0.3 is 6.18 Å². The van der Waals surface area contributed by atoms with Crippen LogP contribution in [0.15, 0.2) is 12.4 Å². The number of aliphatic hydroxyl groups is 1. The number of alkyl halides is 3. The van der Waals surface area contributed by atoms with Crippen molar-refractivity contribution in [2.24, 2.45) is 13.0 Å². The normalized spacial score (nSPS) is 21.0. The molecule has 0 aliphatic carbocycles. The standard InChI is InChI=1S/C18H29F3N4O2/c1-14-6-5-10-25(13-14)9-4-3-7-22-15(26)12-17(27,18(19,20)21)16-23-8-11-24(16)2/h8,11,14,27H,3-7,9-10,12-13H2,1-2H3,(H,22,26). The van der Waals surface area contributed by atoms with Gasteiger partial charge in [-0.2, -0.15) is 13.2 Å². The second-order valence-corrected chi connectivity index (χ2v) is 7.50. The maximum atomic E-state index is 13.4. The van der Waals surface area contributed by atoms with Crippen molar-refractivity contribution in [1.82, 2.24) is 19.8 Å². The monoisotopic (exact) mass is 390 g/mol. The predicted molar refractivity (Wildman–Crippen MR) is 94.9 cm³/mol. The number of carbonyl (C=O) groups is 1. The number of likely N-dealkylation sites (tertiary alicyclic amines) is 1. The van der Waals surface area contributed by atoms with E-state index in [4.69, 9.17) is 0 Å². The highest BCUT2D eigenvalue weighted by molar-refractivity contribution is 5.77. The minimum absolute atomic E-state index is 0.288. The molecule has 2 heterocycles. The van der Waals surface area contributed by atoms with E-state index in [1.165, 1.54) is 26.1 Å². The van der Waals surface area contributed by atoms with E-state index in [1.807, 2.05) is 0 Å². The van der Waals surface area contributed by atoms with Gasteiger partial charge in [-0.15, -0.1) is 0 Å².